The molecule has 5 saturated carbocycles. The number of rotatable bonds is 6. The van der Waals surface area contributed by atoms with E-state index in [-0.39, 0.29) is 35.3 Å². The van der Waals surface area contributed by atoms with Crippen LogP contribution in [-0.4, -0.2) is 109 Å². The van der Waals surface area contributed by atoms with E-state index in [9.17, 15) is 20.1 Å². The van der Waals surface area contributed by atoms with Crippen LogP contribution in [0.4, 0.5) is 0 Å². The lowest BCUT2D eigenvalue weighted by Gasteiger charge is -2.69. The first-order valence-electron chi connectivity index (χ1n) is 13.2. The Morgan fingerprint density at radius 3 is 2.40 bits per heavy atom. The molecule has 0 aromatic carbocycles. The Morgan fingerprint density at radius 2 is 1.80 bits per heavy atom. The molecule has 7 bridgehead atoms. The molecule has 6 aliphatic rings. The number of hydrogen-bond donors (Lipinski definition) is 3. The highest BCUT2D eigenvalue weighted by Crippen LogP contribution is 2.79. The van der Waals surface area contributed by atoms with Crippen molar-refractivity contribution in [3.63, 3.8) is 0 Å². The van der Waals surface area contributed by atoms with Gasteiger partial charge in [-0.25, -0.2) is 0 Å². The van der Waals surface area contributed by atoms with Gasteiger partial charge in [0.15, 0.2) is 5.60 Å². The molecule has 0 aromatic heterocycles. The number of aliphatic hydroxyl groups is 3. The molecule has 1 aliphatic heterocycles. The number of piperidine rings is 1. The molecule has 6 fully saturated rings. The molecule has 9 nitrogen and oxygen atoms in total. The van der Waals surface area contributed by atoms with Crippen molar-refractivity contribution in [2.45, 2.75) is 75.3 Å². The minimum Gasteiger partial charge on any atom is -0.455 e. The quantitative estimate of drug-likeness (QED) is 0.439. The minimum atomic E-state index is -1.37. The summed E-state index contributed by atoms with van der Waals surface area (Å²) in [7, 11) is 4.97. The van der Waals surface area contributed by atoms with Crippen molar-refractivity contribution in [2.75, 3.05) is 41.0 Å². The van der Waals surface area contributed by atoms with Crippen LogP contribution in [0.2, 0.25) is 0 Å². The van der Waals surface area contributed by atoms with Gasteiger partial charge in [0, 0.05) is 75.3 Å². The van der Waals surface area contributed by atoms with Crippen molar-refractivity contribution in [2.24, 2.45) is 40.4 Å². The first-order valence-corrected chi connectivity index (χ1v) is 13.2. The van der Waals surface area contributed by atoms with Gasteiger partial charge in [0.2, 0.25) is 0 Å². The van der Waals surface area contributed by atoms with Crippen molar-refractivity contribution in [1.82, 2.24) is 4.90 Å². The Balaban J connectivity index is 1.67. The van der Waals surface area contributed by atoms with Crippen LogP contribution in [0.3, 0.4) is 0 Å². The van der Waals surface area contributed by atoms with Crippen molar-refractivity contribution >= 4 is 5.97 Å². The Bertz CT molecular complexity index is 887. The summed E-state index contributed by atoms with van der Waals surface area (Å²) >= 11 is 0. The Labute approximate surface area is 207 Å². The van der Waals surface area contributed by atoms with E-state index in [0.29, 0.717) is 19.4 Å². The topological polar surface area (TPSA) is 118 Å². The SMILES string of the molecule is CCN1C[C@]2(COC)CC[C@H](O)[C@]34C1[C@H]([C@H](OC)[C@H]23)[C@]1(OC(C)=O)[C@H]2[C@@H](O)[C@H](C[C@H]24)[C@@H](OC)[C@@H]1O. The number of nitrogens with zero attached hydrogens (tertiary/aromatic N) is 1. The van der Waals surface area contributed by atoms with E-state index in [1.54, 1.807) is 21.3 Å². The Hall–Kier alpha value is -0.810. The first-order chi connectivity index (χ1) is 16.7. The van der Waals surface area contributed by atoms with Crippen LogP contribution in [0.1, 0.15) is 33.1 Å². The summed E-state index contributed by atoms with van der Waals surface area (Å²) in [6.07, 6.45) is -1.43. The van der Waals surface area contributed by atoms with Gasteiger partial charge in [-0.1, -0.05) is 6.92 Å². The molecule has 5 aliphatic carbocycles. The molecule has 3 N–H and O–H groups in total. The fourth-order valence-electron chi connectivity index (χ4n) is 11.2. The lowest BCUT2D eigenvalue weighted by Crippen LogP contribution is -2.79. The van der Waals surface area contributed by atoms with Crippen LogP contribution in [0.15, 0.2) is 0 Å². The smallest absolute Gasteiger partial charge is 0.303 e. The highest BCUT2D eigenvalue weighted by molar-refractivity contribution is 5.67. The second-order valence-corrected chi connectivity index (χ2v) is 12.2. The molecule has 0 amide bonds. The molecule has 0 radical (unpaired) electrons. The predicted octanol–water partition coefficient (Wildman–Crippen LogP) is 0.0436. The van der Waals surface area contributed by atoms with Gasteiger partial charge < -0.3 is 34.3 Å². The summed E-state index contributed by atoms with van der Waals surface area (Å²) < 4.78 is 24.3. The summed E-state index contributed by atoms with van der Waals surface area (Å²) in [4.78, 5) is 15.1. The molecule has 1 heterocycles. The van der Waals surface area contributed by atoms with Gasteiger partial charge in [-0.3, -0.25) is 9.69 Å². The van der Waals surface area contributed by atoms with Crippen LogP contribution in [-0.2, 0) is 23.7 Å². The molecule has 0 aromatic rings. The maximum atomic E-state index is 12.7. The first kappa shape index (κ1) is 24.5. The average Bonchev–Trinajstić information content (AvgIpc) is 3.23. The standard InChI is InChI=1S/C26H41NO8/c1-6-27-10-24(11-32-3)8-7-15(29)25-14-9-13-18(30)16(14)26(35-12(2)28,23(31)19(13)33-4)17(22(25)27)20(34-5)21(24)25/h13-23,29-31H,6-11H2,1-5H3/t13-,14+,15-,16+,17-,18-,19+,20-,21+,22?,23-,24-,25-,26+/m0/s1. The van der Waals surface area contributed by atoms with Gasteiger partial charge in [0.1, 0.15) is 6.10 Å². The highest BCUT2D eigenvalue weighted by atomic mass is 16.6. The predicted molar refractivity (Wildman–Crippen MR) is 123 cm³/mol. The van der Waals surface area contributed by atoms with Crippen molar-refractivity contribution in [3.05, 3.63) is 0 Å². The largest absolute Gasteiger partial charge is 0.455 e. The number of carbonyl (C=O) groups excluding carboxylic acids is 1. The van der Waals surface area contributed by atoms with Gasteiger partial charge in [-0.15, -0.1) is 0 Å². The minimum absolute atomic E-state index is 0.0383. The monoisotopic (exact) mass is 495 g/mol. The van der Waals surface area contributed by atoms with Crippen molar-refractivity contribution in [1.29, 1.82) is 0 Å². The van der Waals surface area contributed by atoms with E-state index in [0.717, 1.165) is 19.5 Å². The number of esters is 1. The fraction of sp³-hybridized carbons (Fsp3) is 0.962. The second kappa shape index (κ2) is 7.85. The third-order valence-electron chi connectivity index (χ3n) is 11.5. The zero-order chi connectivity index (χ0) is 25.1. The van der Waals surface area contributed by atoms with Gasteiger partial charge >= 0.3 is 5.97 Å². The van der Waals surface area contributed by atoms with Crippen LogP contribution >= 0.6 is 0 Å². The molecular weight excluding hydrogens is 454 g/mol. The maximum Gasteiger partial charge on any atom is 0.303 e. The summed E-state index contributed by atoms with van der Waals surface area (Å²) in [5.74, 6) is -1.87. The summed E-state index contributed by atoms with van der Waals surface area (Å²) in [6, 6.07) is -0.153. The number of ether oxygens (including phenoxy) is 4. The number of fused-ring (bicyclic) bond motifs is 2. The van der Waals surface area contributed by atoms with E-state index in [1.807, 2.05) is 0 Å². The number of likely N-dealkylation sites (tertiary alicyclic amines) is 1. The van der Waals surface area contributed by atoms with E-state index in [4.69, 9.17) is 18.9 Å². The lowest BCUT2D eigenvalue weighted by molar-refractivity contribution is -0.302. The van der Waals surface area contributed by atoms with Gasteiger partial charge in [-0.05, 0) is 31.7 Å². The van der Waals surface area contributed by atoms with Gasteiger partial charge in [-0.2, -0.15) is 0 Å². The Morgan fingerprint density at radius 1 is 1.09 bits per heavy atom. The lowest BCUT2D eigenvalue weighted by atomic mass is 9.43. The van der Waals surface area contributed by atoms with E-state index < -0.39 is 53.2 Å². The second-order valence-electron chi connectivity index (χ2n) is 12.2. The van der Waals surface area contributed by atoms with E-state index in [1.165, 1.54) is 6.92 Å². The summed E-state index contributed by atoms with van der Waals surface area (Å²) in [5, 5.41) is 35.7. The van der Waals surface area contributed by atoms with E-state index >= 15 is 0 Å². The molecule has 1 saturated heterocycles. The van der Waals surface area contributed by atoms with Crippen LogP contribution in [0, 0.1) is 40.4 Å². The van der Waals surface area contributed by atoms with Gasteiger partial charge in [0.05, 0.1) is 31.0 Å². The number of methoxy groups -OCH3 is 3. The zero-order valence-corrected chi connectivity index (χ0v) is 21.4. The highest BCUT2D eigenvalue weighted by Gasteiger charge is 2.88. The third-order valence-corrected chi connectivity index (χ3v) is 11.5. The molecule has 35 heavy (non-hydrogen) atoms. The molecule has 9 heteroatoms. The molecule has 14 atom stereocenters. The number of aliphatic hydroxyl groups excluding tert-OH is 3. The maximum absolute atomic E-state index is 12.7. The van der Waals surface area contributed by atoms with Crippen molar-refractivity contribution < 1.29 is 39.1 Å². The number of carbonyl (C=O) groups is 1. The molecular formula is C26H41NO8. The van der Waals surface area contributed by atoms with Gasteiger partial charge in [0.25, 0.3) is 0 Å². The van der Waals surface area contributed by atoms with Crippen LogP contribution in [0.5, 0.6) is 0 Å². The molecule has 1 unspecified atom stereocenters. The number of hydrogen-bond acceptors (Lipinski definition) is 9. The molecule has 198 valence electrons. The normalized spacial score (nSPS) is 57.9. The van der Waals surface area contributed by atoms with E-state index in [2.05, 4.69) is 11.8 Å². The Kier molecular flexibility index (Phi) is 5.50. The summed E-state index contributed by atoms with van der Waals surface area (Å²) in [5.41, 5.74) is -2.16. The van der Waals surface area contributed by atoms with Crippen LogP contribution in [0.25, 0.3) is 0 Å². The van der Waals surface area contributed by atoms with Crippen molar-refractivity contribution in [3.8, 4) is 0 Å². The van der Waals surface area contributed by atoms with Crippen LogP contribution < -0.4 is 0 Å². The molecule has 6 rings (SSSR count). The zero-order valence-electron chi connectivity index (χ0n) is 21.4. The average molecular weight is 496 g/mol. The third kappa shape index (κ3) is 2.52. The summed E-state index contributed by atoms with van der Waals surface area (Å²) in [6.45, 7) is 5.61. The molecule has 1 spiro atoms. The fourth-order valence-corrected chi connectivity index (χ4v) is 11.2.